The Balaban J connectivity index is 1.30. The Bertz CT molecular complexity index is 780. The van der Waals surface area contributed by atoms with E-state index in [0.29, 0.717) is 36.3 Å². The molecule has 9 heteroatoms. The number of carbonyl (C=O) groups excluding carboxylic acids is 2. The number of ether oxygens (including phenoxy) is 3. The summed E-state index contributed by atoms with van der Waals surface area (Å²) in [6.45, 7) is 3.16. The average Bonchev–Trinajstić information content (AvgIpc) is 3.23. The molecule has 3 aliphatic rings. The van der Waals surface area contributed by atoms with Crippen molar-refractivity contribution in [2.45, 2.75) is 37.5 Å². The maximum atomic E-state index is 12.7. The smallest absolute Gasteiger partial charge is 0.251 e. The quantitative estimate of drug-likeness (QED) is 0.704. The lowest BCUT2D eigenvalue weighted by Crippen LogP contribution is -2.52. The van der Waals surface area contributed by atoms with Gasteiger partial charge < -0.3 is 34.4 Å². The predicted molar refractivity (Wildman–Crippen MR) is 107 cm³/mol. The maximum absolute atomic E-state index is 12.7. The van der Waals surface area contributed by atoms with Crippen LogP contribution < -0.4 is 14.8 Å². The highest BCUT2D eigenvalue weighted by Crippen LogP contribution is 2.32. The van der Waals surface area contributed by atoms with Crippen LogP contribution in [-0.2, 0) is 9.53 Å². The molecule has 0 aromatic heterocycles. The monoisotopic (exact) mass is 419 g/mol. The maximum Gasteiger partial charge on any atom is 0.251 e. The molecule has 30 heavy (non-hydrogen) atoms. The third kappa shape index (κ3) is 4.69. The number of likely N-dealkylation sites (N-methyl/N-ethyl adjacent to an activating group) is 1. The standard InChI is InChI=1S/C21H29N3O6/c1-23-6-8-24(9-7-23)20(26)11-15-3-4-16(19(12-25)30-15)22-21(27)14-2-5-17-18(10-14)29-13-28-17/h2,5,10,15-16,19,25H,3-4,6-9,11-13H2,1H3,(H,22,27)/t15-,16-,19+/m0/s1. The van der Waals surface area contributed by atoms with Crippen LogP contribution in [0.4, 0.5) is 0 Å². The van der Waals surface area contributed by atoms with Crippen LogP contribution in [0.3, 0.4) is 0 Å². The zero-order valence-electron chi connectivity index (χ0n) is 17.2. The number of nitrogens with zero attached hydrogens (tertiary/aromatic N) is 2. The molecule has 2 N–H and O–H groups in total. The summed E-state index contributed by atoms with van der Waals surface area (Å²) in [5.74, 6) is 0.998. The first-order valence-corrected chi connectivity index (χ1v) is 10.5. The molecule has 4 rings (SSSR count). The lowest BCUT2D eigenvalue weighted by molar-refractivity contribution is -0.141. The second kappa shape index (κ2) is 9.20. The fraction of sp³-hybridized carbons (Fsp3) is 0.619. The van der Waals surface area contributed by atoms with Crippen molar-refractivity contribution in [3.8, 4) is 11.5 Å². The minimum atomic E-state index is -0.540. The first-order chi connectivity index (χ1) is 14.5. The third-order valence-electron chi connectivity index (χ3n) is 6.01. The number of hydrogen-bond acceptors (Lipinski definition) is 7. The molecule has 2 amide bonds. The summed E-state index contributed by atoms with van der Waals surface area (Å²) < 4.78 is 16.6. The van der Waals surface area contributed by atoms with Crippen LogP contribution in [0.1, 0.15) is 29.6 Å². The summed E-state index contributed by atoms with van der Waals surface area (Å²) in [6.07, 6.45) is 0.822. The fourth-order valence-corrected chi connectivity index (χ4v) is 4.12. The number of amides is 2. The van der Waals surface area contributed by atoms with Crippen molar-refractivity contribution in [2.75, 3.05) is 46.6 Å². The molecular weight excluding hydrogens is 390 g/mol. The SMILES string of the molecule is CN1CCN(C(=O)C[C@@H]2CC[C@H](NC(=O)c3ccc4c(c3)OCO4)[C@@H](CO)O2)CC1. The van der Waals surface area contributed by atoms with E-state index in [4.69, 9.17) is 14.2 Å². The summed E-state index contributed by atoms with van der Waals surface area (Å²) in [5, 5.41) is 12.7. The number of benzene rings is 1. The van der Waals surface area contributed by atoms with Crippen LogP contribution in [0.15, 0.2) is 18.2 Å². The lowest BCUT2D eigenvalue weighted by Gasteiger charge is -2.37. The minimum Gasteiger partial charge on any atom is -0.454 e. The lowest BCUT2D eigenvalue weighted by atomic mass is 9.96. The number of aliphatic hydroxyl groups excluding tert-OH is 1. The Kier molecular flexibility index (Phi) is 6.40. The third-order valence-corrected chi connectivity index (χ3v) is 6.01. The van der Waals surface area contributed by atoms with Gasteiger partial charge in [0.1, 0.15) is 6.10 Å². The van der Waals surface area contributed by atoms with Gasteiger partial charge in [-0.25, -0.2) is 0 Å². The molecule has 1 aromatic carbocycles. The predicted octanol–water partition coefficient (Wildman–Crippen LogP) is 0.218. The van der Waals surface area contributed by atoms with E-state index in [1.54, 1.807) is 18.2 Å². The van der Waals surface area contributed by atoms with Crippen LogP contribution >= 0.6 is 0 Å². The van der Waals surface area contributed by atoms with Crippen LogP contribution in [-0.4, -0.2) is 91.6 Å². The minimum absolute atomic E-state index is 0.0904. The number of carbonyl (C=O) groups is 2. The van der Waals surface area contributed by atoms with E-state index < -0.39 is 6.10 Å². The van der Waals surface area contributed by atoms with E-state index in [-0.39, 0.29) is 37.4 Å². The van der Waals surface area contributed by atoms with Gasteiger partial charge in [0.15, 0.2) is 11.5 Å². The number of aliphatic hydroxyl groups is 1. The number of piperazine rings is 1. The summed E-state index contributed by atoms with van der Waals surface area (Å²) in [4.78, 5) is 29.3. The number of fused-ring (bicyclic) bond motifs is 1. The molecular formula is C21H29N3O6. The Labute approximate surface area is 175 Å². The zero-order valence-corrected chi connectivity index (χ0v) is 17.2. The van der Waals surface area contributed by atoms with E-state index >= 15 is 0 Å². The molecule has 2 fully saturated rings. The highest BCUT2D eigenvalue weighted by Gasteiger charge is 2.34. The molecule has 0 aliphatic carbocycles. The van der Waals surface area contributed by atoms with E-state index in [0.717, 1.165) is 26.2 Å². The highest BCUT2D eigenvalue weighted by molar-refractivity contribution is 5.95. The Morgan fingerprint density at radius 2 is 1.90 bits per heavy atom. The second-order valence-corrected chi connectivity index (χ2v) is 8.09. The molecule has 9 nitrogen and oxygen atoms in total. The molecule has 3 aliphatic heterocycles. The second-order valence-electron chi connectivity index (χ2n) is 8.09. The molecule has 164 valence electrons. The van der Waals surface area contributed by atoms with Gasteiger partial charge in [-0.3, -0.25) is 9.59 Å². The number of rotatable bonds is 5. The van der Waals surface area contributed by atoms with E-state index in [9.17, 15) is 14.7 Å². The van der Waals surface area contributed by atoms with Crippen molar-refractivity contribution in [1.82, 2.24) is 15.1 Å². The van der Waals surface area contributed by atoms with Crippen molar-refractivity contribution >= 4 is 11.8 Å². The van der Waals surface area contributed by atoms with Crippen LogP contribution in [0.2, 0.25) is 0 Å². The van der Waals surface area contributed by atoms with E-state index in [2.05, 4.69) is 17.3 Å². The first-order valence-electron chi connectivity index (χ1n) is 10.5. The van der Waals surface area contributed by atoms with E-state index in [1.165, 1.54) is 0 Å². The molecule has 0 saturated carbocycles. The van der Waals surface area contributed by atoms with Crippen molar-refractivity contribution in [3.05, 3.63) is 23.8 Å². The molecule has 2 saturated heterocycles. The highest BCUT2D eigenvalue weighted by atomic mass is 16.7. The Morgan fingerprint density at radius 3 is 2.67 bits per heavy atom. The van der Waals surface area contributed by atoms with Crippen LogP contribution in [0.5, 0.6) is 11.5 Å². The largest absolute Gasteiger partial charge is 0.454 e. The van der Waals surface area contributed by atoms with Gasteiger partial charge in [-0.2, -0.15) is 0 Å². The van der Waals surface area contributed by atoms with E-state index in [1.807, 2.05) is 4.90 Å². The summed E-state index contributed by atoms with van der Waals surface area (Å²) in [5.41, 5.74) is 0.461. The summed E-state index contributed by atoms with van der Waals surface area (Å²) >= 11 is 0. The zero-order chi connectivity index (χ0) is 21.1. The molecule has 0 radical (unpaired) electrons. The number of hydrogen-bond donors (Lipinski definition) is 2. The van der Waals surface area contributed by atoms with Gasteiger partial charge in [-0.05, 0) is 38.1 Å². The molecule has 0 spiro atoms. The van der Waals surface area contributed by atoms with Gasteiger partial charge in [-0.15, -0.1) is 0 Å². The van der Waals surface area contributed by atoms with Gasteiger partial charge in [0, 0.05) is 31.7 Å². The van der Waals surface area contributed by atoms with Crippen molar-refractivity contribution in [2.24, 2.45) is 0 Å². The first kappa shape index (κ1) is 20.9. The summed E-state index contributed by atoms with van der Waals surface area (Å²) in [7, 11) is 2.05. The van der Waals surface area contributed by atoms with Gasteiger partial charge in [-0.1, -0.05) is 0 Å². The van der Waals surface area contributed by atoms with Crippen molar-refractivity contribution < 1.29 is 28.9 Å². The van der Waals surface area contributed by atoms with Crippen molar-refractivity contribution in [1.29, 1.82) is 0 Å². The van der Waals surface area contributed by atoms with Gasteiger partial charge in [0.2, 0.25) is 12.7 Å². The molecule has 0 bridgehead atoms. The molecule has 0 unspecified atom stereocenters. The van der Waals surface area contributed by atoms with Crippen molar-refractivity contribution in [3.63, 3.8) is 0 Å². The van der Waals surface area contributed by atoms with Gasteiger partial charge >= 0.3 is 0 Å². The molecule has 1 aromatic rings. The Hall–Kier alpha value is -2.36. The normalized spacial score (nSPS) is 26.5. The summed E-state index contributed by atoms with van der Waals surface area (Å²) in [6, 6.07) is 4.71. The fourth-order valence-electron chi connectivity index (χ4n) is 4.12. The molecule has 3 heterocycles. The average molecular weight is 419 g/mol. The van der Waals surface area contributed by atoms with Crippen LogP contribution in [0, 0.1) is 0 Å². The topological polar surface area (TPSA) is 101 Å². The van der Waals surface area contributed by atoms with Gasteiger partial charge in [0.25, 0.3) is 5.91 Å². The number of nitrogens with one attached hydrogen (secondary N) is 1. The van der Waals surface area contributed by atoms with Crippen LogP contribution in [0.25, 0.3) is 0 Å². The molecule has 3 atom stereocenters. The Morgan fingerprint density at radius 1 is 1.13 bits per heavy atom. The van der Waals surface area contributed by atoms with Gasteiger partial charge in [0.05, 0.1) is 25.2 Å².